The third-order valence-electron chi connectivity index (χ3n) is 3.06. The Balaban J connectivity index is 1.96. The lowest BCUT2D eigenvalue weighted by Gasteiger charge is -2.29. The minimum Gasteiger partial charge on any atom is -0.373 e. The largest absolute Gasteiger partial charge is 0.373 e. The SMILES string of the molecule is Cc1ccc(S(=O)(=O)OCC2CN(C)CCO2)cc1. The fraction of sp³-hybridized carbons (Fsp3) is 0.538. The third-order valence-corrected chi connectivity index (χ3v) is 4.36. The van der Waals surface area contributed by atoms with Gasteiger partial charge in [0.2, 0.25) is 0 Å². The van der Waals surface area contributed by atoms with Crippen molar-refractivity contribution in [2.24, 2.45) is 0 Å². The molecule has 1 atom stereocenters. The highest BCUT2D eigenvalue weighted by molar-refractivity contribution is 7.86. The number of ether oxygens (including phenoxy) is 1. The molecule has 2 rings (SSSR count). The van der Waals surface area contributed by atoms with Crippen molar-refractivity contribution in [3.05, 3.63) is 29.8 Å². The second-order valence-corrected chi connectivity index (χ2v) is 6.42. The van der Waals surface area contributed by atoms with Crippen molar-refractivity contribution in [1.29, 1.82) is 0 Å². The van der Waals surface area contributed by atoms with Crippen LogP contribution in [0.1, 0.15) is 5.56 Å². The first kappa shape index (κ1) is 14.5. The molecule has 1 aliphatic heterocycles. The van der Waals surface area contributed by atoms with Gasteiger partial charge in [-0.15, -0.1) is 0 Å². The molecule has 5 nitrogen and oxygen atoms in total. The highest BCUT2D eigenvalue weighted by atomic mass is 32.2. The molecule has 0 aromatic heterocycles. The van der Waals surface area contributed by atoms with Crippen molar-refractivity contribution < 1.29 is 17.3 Å². The van der Waals surface area contributed by atoms with Gasteiger partial charge in [-0.25, -0.2) is 0 Å². The van der Waals surface area contributed by atoms with Gasteiger partial charge in [-0.2, -0.15) is 8.42 Å². The standard InChI is InChI=1S/C13H19NO4S/c1-11-3-5-13(6-4-11)19(15,16)18-10-12-9-14(2)7-8-17-12/h3-6,12H,7-10H2,1-2H3. The van der Waals surface area contributed by atoms with E-state index in [0.29, 0.717) is 13.2 Å². The summed E-state index contributed by atoms with van der Waals surface area (Å²) in [6.07, 6.45) is -0.195. The zero-order valence-corrected chi connectivity index (χ0v) is 12.0. The zero-order chi connectivity index (χ0) is 13.9. The summed E-state index contributed by atoms with van der Waals surface area (Å²) in [4.78, 5) is 2.28. The van der Waals surface area contributed by atoms with Gasteiger partial charge in [-0.3, -0.25) is 4.18 Å². The molecule has 1 aromatic carbocycles. The van der Waals surface area contributed by atoms with E-state index in [1.807, 2.05) is 14.0 Å². The van der Waals surface area contributed by atoms with Crippen molar-refractivity contribution in [3.63, 3.8) is 0 Å². The van der Waals surface area contributed by atoms with Gasteiger partial charge in [-0.1, -0.05) is 17.7 Å². The van der Waals surface area contributed by atoms with Crippen molar-refractivity contribution in [2.45, 2.75) is 17.9 Å². The highest BCUT2D eigenvalue weighted by Gasteiger charge is 2.22. The Morgan fingerprint density at radius 1 is 1.37 bits per heavy atom. The summed E-state index contributed by atoms with van der Waals surface area (Å²) in [6.45, 7) is 4.11. The van der Waals surface area contributed by atoms with Crippen LogP contribution in [0.2, 0.25) is 0 Å². The Labute approximate surface area is 114 Å². The first-order chi connectivity index (χ1) is 8.97. The Hall–Kier alpha value is -0.950. The number of benzene rings is 1. The number of hydrogen-bond donors (Lipinski definition) is 0. The Bertz CT molecular complexity index is 512. The quantitative estimate of drug-likeness (QED) is 0.773. The number of morpholine rings is 1. The molecule has 1 aromatic rings. The van der Waals surface area contributed by atoms with Crippen LogP contribution in [0.5, 0.6) is 0 Å². The number of likely N-dealkylation sites (N-methyl/N-ethyl adjacent to an activating group) is 1. The number of hydrogen-bond acceptors (Lipinski definition) is 5. The van der Waals surface area contributed by atoms with E-state index in [9.17, 15) is 8.42 Å². The predicted octanol–water partition coefficient (Wildman–Crippen LogP) is 1.03. The molecule has 1 saturated heterocycles. The summed E-state index contributed by atoms with van der Waals surface area (Å²) in [5.74, 6) is 0. The molecule has 1 unspecified atom stereocenters. The van der Waals surface area contributed by atoms with Gasteiger partial charge in [0.25, 0.3) is 10.1 Å². The zero-order valence-electron chi connectivity index (χ0n) is 11.2. The van der Waals surface area contributed by atoms with Gasteiger partial charge < -0.3 is 9.64 Å². The fourth-order valence-electron chi connectivity index (χ4n) is 1.91. The monoisotopic (exact) mass is 285 g/mol. The van der Waals surface area contributed by atoms with Crippen LogP contribution in [0.3, 0.4) is 0 Å². The van der Waals surface area contributed by atoms with Crippen LogP contribution >= 0.6 is 0 Å². The lowest BCUT2D eigenvalue weighted by atomic mass is 10.2. The Morgan fingerprint density at radius 2 is 2.05 bits per heavy atom. The molecule has 6 heteroatoms. The third kappa shape index (κ3) is 4.01. The summed E-state index contributed by atoms with van der Waals surface area (Å²) in [7, 11) is -1.72. The molecule has 19 heavy (non-hydrogen) atoms. The average Bonchev–Trinajstić information content (AvgIpc) is 2.37. The van der Waals surface area contributed by atoms with E-state index in [4.69, 9.17) is 8.92 Å². The molecule has 0 amide bonds. The van der Waals surface area contributed by atoms with Gasteiger partial charge in [0.15, 0.2) is 0 Å². The van der Waals surface area contributed by atoms with Crippen molar-refractivity contribution in [2.75, 3.05) is 33.4 Å². The first-order valence-electron chi connectivity index (χ1n) is 6.23. The van der Waals surface area contributed by atoms with E-state index < -0.39 is 10.1 Å². The van der Waals surface area contributed by atoms with Gasteiger partial charge in [0.1, 0.15) is 0 Å². The molecule has 1 fully saturated rings. The Kier molecular flexibility index (Phi) is 4.57. The van der Waals surface area contributed by atoms with Crippen molar-refractivity contribution >= 4 is 10.1 Å². The van der Waals surface area contributed by atoms with Crippen LogP contribution in [0, 0.1) is 6.92 Å². The van der Waals surface area contributed by atoms with E-state index in [1.165, 1.54) is 0 Å². The van der Waals surface area contributed by atoms with Gasteiger partial charge in [0, 0.05) is 13.1 Å². The van der Waals surface area contributed by atoms with Crippen LogP contribution in [-0.2, 0) is 19.0 Å². The smallest absolute Gasteiger partial charge is 0.297 e. The normalized spacial score (nSPS) is 21.5. The lowest BCUT2D eigenvalue weighted by Crippen LogP contribution is -2.42. The molecule has 0 spiro atoms. The fourth-order valence-corrected chi connectivity index (χ4v) is 2.84. The summed E-state index contributed by atoms with van der Waals surface area (Å²) in [5.41, 5.74) is 1.01. The topological polar surface area (TPSA) is 55.8 Å². The van der Waals surface area contributed by atoms with Crippen LogP contribution < -0.4 is 0 Å². The van der Waals surface area contributed by atoms with E-state index in [0.717, 1.165) is 12.1 Å². The van der Waals surface area contributed by atoms with Crippen LogP contribution in [0.25, 0.3) is 0 Å². The summed E-state index contributed by atoms with van der Waals surface area (Å²) < 4.78 is 34.5. The summed E-state index contributed by atoms with van der Waals surface area (Å²) in [5, 5.41) is 0. The van der Waals surface area contributed by atoms with Crippen LogP contribution in [0.4, 0.5) is 0 Å². The maximum absolute atomic E-state index is 12.0. The van der Waals surface area contributed by atoms with Gasteiger partial charge in [-0.05, 0) is 26.1 Å². The molecule has 106 valence electrons. The summed E-state index contributed by atoms with van der Waals surface area (Å²) in [6, 6.07) is 6.61. The highest BCUT2D eigenvalue weighted by Crippen LogP contribution is 2.14. The van der Waals surface area contributed by atoms with Crippen molar-refractivity contribution in [3.8, 4) is 0 Å². The summed E-state index contributed by atoms with van der Waals surface area (Å²) >= 11 is 0. The minimum atomic E-state index is -3.69. The molecule has 0 saturated carbocycles. The molecular weight excluding hydrogens is 266 g/mol. The van der Waals surface area contributed by atoms with Gasteiger partial charge in [0.05, 0.1) is 24.2 Å². The van der Waals surface area contributed by atoms with E-state index in [1.54, 1.807) is 24.3 Å². The first-order valence-corrected chi connectivity index (χ1v) is 7.64. The van der Waals surface area contributed by atoms with E-state index in [-0.39, 0.29) is 17.6 Å². The van der Waals surface area contributed by atoms with E-state index in [2.05, 4.69) is 4.90 Å². The van der Waals surface area contributed by atoms with Crippen LogP contribution in [0.15, 0.2) is 29.2 Å². The van der Waals surface area contributed by atoms with Crippen LogP contribution in [-0.4, -0.2) is 52.8 Å². The molecule has 0 N–H and O–H groups in total. The molecule has 0 radical (unpaired) electrons. The van der Waals surface area contributed by atoms with Crippen molar-refractivity contribution in [1.82, 2.24) is 4.90 Å². The lowest BCUT2D eigenvalue weighted by molar-refractivity contribution is -0.0393. The Morgan fingerprint density at radius 3 is 2.68 bits per heavy atom. The number of nitrogens with zero attached hydrogens (tertiary/aromatic N) is 1. The molecule has 1 aliphatic rings. The second-order valence-electron chi connectivity index (χ2n) is 4.81. The predicted molar refractivity (Wildman–Crippen MR) is 71.6 cm³/mol. The van der Waals surface area contributed by atoms with E-state index >= 15 is 0 Å². The molecule has 0 bridgehead atoms. The number of aryl methyl sites for hydroxylation is 1. The molecule has 0 aliphatic carbocycles. The maximum Gasteiger partial charge on any atom is 0.297 e. The van der Waals surface area contributed by atoms with Gasteiger partial charge >= 0.3 is 0 Å². The molecular formula is C13H19NO4S. The maximum atomic E-state index is 12.0. The molecule has 1 heterocycles. The second kappa shape index (κ2) is 6.00. The number of rotatable bonds is 4. The average molecular weight is 285 g/mol. The minimum absolute atomic E-state index is 0.0561.